The van der Waals surface area contributed by atoms with Crippen LogP contribution in [0.2, 0.25) is 0 Å². The number of halogens is 1. The van der Waals surface area contributed by atoms with Gasteiger partial charge in [-0.3, -0.25) is 0 Å². The van der Waals surface area contributed by atoms with E-state index in [4.69, 9.17) is 5.11 Å². The number of aliphatic hydroxyl groups is 1. The molecule has 0 saturated heterocycles. The van der Waals surface area contributed by atoms with E-state index in [-0.39, 0.29) is 6.61 Å². The van der Waals surface area contributed by atoms with E-state index >= 15 is 0 Å². The molecule has 1 aliphatic rings. The molecule has 4 heteroatoms. The van der Waals surface area contributed by atoms with Gasteiger partial charge in [-0.1, -0.05) is 0 Å². The van der Waals surface area contributed by atoms with Crippen molar-refractivity contribution in [3.63, 3.8) is 0 Å². The van der Waals surface area contributed by atoms with Crippen LogP contribution < -0.4 is 4.90 Å². The topological polar surface area (TPSA) is 36.4 Å². The Hall–Kier alpha value is -1.16. The van der Waals surface area contributed by atoms with Crippen molar-refractivity contribution < 1.29 is 9.50 Å². The van der Waals surface area contributed by atoms with Gasteiger partial charge in [-0.05, 0) is 25.3 Å². The predicted octanol–water partition coefficient (Wildman–Crippen LogP) is 1.70. The van der Waals surface area contributed by atoms with Crippen molar-refractivity contribution >= 4 is 5.82 Å². The Bertz CT molecular complexity index is 352. The smallest absolute Gasteiger partial charge is 0.142 e. The van der Waals surface area contributed by atoms with Crippen LogP contribution in [0.25, 0.3) is 0 Å². The van der Waals surface area contributed by atoms with E-state index in [0.717, 1.165) is 12.8 Å². The number of aliphatic hydroxyl groups excluding tert-OH is 1. The van der Waals surface area contributed by atoms with Crippen molar-refractivity contribution in [3.05, 3.63) is 23.6 Å². The van der Waals surface area contributed by atoms with Gasteiger partial charge in [0.25, 0.3) is 0 Å². The molecule has 1 aromatic rings. The summed E-state index contributed by atoms with van der Waals surface area (Å²) in [6, 6.07) is 1.84. The Balaban J connectivity index is 2.25. The summed E-state index contributed by atoms with van der Waals surface area (Å²) in [5.41, 5.74) is 0.560. The molecule has 1 saturated carbocycles. The Morgan fingerprint density at radius 3 is 2.87 bits per heavy atom. The van der Waals surface area contributed by atoms with Gasteiger partial charge in [-0.25, -0.2) is 9.37 Å². The van der Waals surface area contributed by atoms with Crippen molar-refractivity contribution in [2.75, 3.05) is 11.9 Å². The fourth-order valence-corrected chi connectivity index (χ4v) is 1.85. The van der Waals surface area contributed by atoms with Crippen molar-refractivity contribution in [2.24, 2.45) is 0 Å². The molecule has 0 unspecified atom stereocenters. The van der Waals surface area contributed by atoms with E-state index in [1.165, 1.54) is 18.7 Å². The molecular weight excluding hydrogens is 195 g/mol. The minimum Gasteiger partial charge on any atom is -0.392 e. The highest BCUT2D eigenvalue weighted by Gasteiger charge is 2.24. The summed E-state index contributed by atoms with van der Waals surface area (Å²) in [5.74, 6) is 0.299. The lowest BCUT2D eigenvalue weighted by atomic mass is 9.91. The normalized spacial score (nSPS) is 16.2. The molecule has 1 aliphatic carbocycles. The van der Waals surface area contributed by atoms with Crippen LogP contribution in [0.5, 0.6) is 0 Å². The highest BCUT2D eigenvalue weighted by molar-refractivity contribution is 5.47. The summed E-state index contributed by atoms with van der Waals surface area (Å²) >= 11 is 0. The van der Waals surface area contributed by atoms with Crippen LogP contribution >= 0.6 is 0 Å². The largest absolute Gasteiger partial charge is 0.392 e. The second kappa shape index (κ2) is 4.14. The molecule has 15 heavy (non-hydrogen) atoms. The highest BCUT2D eigenvalue weighted by Crippen LogP contribution is 2.29. The van der Waals surface area contributed by atoms with Crippen LogP contribution in [0, 0.1) is 5.82 Å². The summed E-state index contributed by atoms with van der Waals surface area (Å²) in [7, 11) is 1.95. The SMILES string of the molecule is CN(c1ncc(F)cc1CO)C1CCC1. The third kappa shape index (κ3) is 1.95. The van der Waals surface area contributed by atoms with Gasteiger partial charge < -0.3 is 10.0 Å². The van der Waals surface area contributed by atoms with Crippen LogP contribution in [0.1, 0.15) is 24.8 Å². The second-order valence-corrected chi connectivity index (χ2v) is 3.99. The van der Waals surface area contributed by atoms with Gasteiger partial charge in [0.15, 0.2) is 0 Å². The summed E-state index contributed by atoms with van der Waals surface area (Å²) in [6.07, 6.45) is 4.75. The first kappa shape index (κ1) is 10.4. The van der Waals surface area contributed by atoms with Crippen LogP contribution in [0.15, 0.2) is 12.3 Å². The third-order valence-corrected chi connectivity index (χ3v) is 3.04. The van der Waals surface area contributed by atoms with Crippen molar-refractivity contribution in [2.45, 2.75) is 31.9 Å². The molecule has 0 atom stereocenters. The number of nitrogens with zero attached hydrogens (tertiary/aromatic N) is 2. The van der Waals surface area contributed by atoms with Gasteiger partial charge in [-0.2, -0.15) is 0 Å². The first-order valence-electron chi connectivity index (χ1n) is 5.20. The average Bonchev–Trinajstić information content (AvgIpc) is 2.14. The maximum atomic E-state index is 12.9. The molecule has 0 amide bonds. The molecule has 0 radical (unpaired) electrons. The fourth-order valence-electron chi connectivity index (χ4n) is 1.85. The first-order valence-corrected chi connectivity index (χ1v) is 5.20. The van der Waals surface area contributed by atoms with E-state index in [9.17, 15) is 4.39 Å². The lowest BCUT2D eigenvalue weighted by Crippen LogP contribution is -2.38. The fraction of sp³-hybridized carbons (Fsp3) is 0.545. The van der Waals surface area contributed by atoms with Crippen LogP contribution in [-0.2, 0) is 6.61 Å². The molecule has 2 rings (SSSR count). The van der Waals surface area contributed by atoms with E-state index in [1.807, 2.05) is 11.9 Å². The lowest BCUT2D eigenvalue weighted by molar-refractivity contribution is 0.280. The summed E-state index contributed by atoms with van der Waals surface area (Å²) in [6.45, 7) is -0.169. The zero-order chi connectivity index (χ0) is 10.8. The molecule has 0 aromatic carbocycles. The monoisotopic (exact) mass is 210 g/mol. The predicted molar refractivity (Wildman–Crippen MR) is 56.2 cm³/mol. The number of aromatic nitrogens is 1. The molecule has 3 nitrogen and oxygen atoms in total. The zero-order valence-electron chi connectivity index (χ0n) is 8.78. The second-order valence-electron chi connectivity index (χ2n) is 3.99. The van der Waals surface area contributed by atoms with E-state index < -0.39 is 5.82 Å². The van der Waals surface area contributed by atoms with Crippen molar-refractivity contribution in [3.8, 4) is 0 Å². The molecule has 0 aliphatic heterocycles. The van der Waals surface area contributed by atoms with E-state index in [2.05, 4.69) is 4.98 Å². The average molecular weight is 210 g/mol. The maximum absolute atomic E-state index is 12.9. The number of rotatable bonds is 3. The summed E-state index contributed by atoms with van der Waals surface area (Å²) in [4.78, 5) is 6.08. The number of pyridine rings is 1. The Kier molecular flexibility index (Phi) is 2.86. The maximum Gasteiger partial charge on any atom is 0.142 e. The molecule has 0 bridgehead atoms. The van der Waals surface area contributed by atoms with Gasteiger partial charge in [0, 0.05) is 18.7 Å². The Morgan fingerprint density at radius 1 is 1.60 bits per heavy atom. The minimum atomic E-state index is -0.398. The number of hydrogen-bond acceptors (Lipinski definition) is 3. The molecular formula is C11H15FN2O. The van der Waals surface area contributed by atoms with Gasteiger partial charge in [0.2, 0.25) is 0 Å². The van der Waals surface area contributed by atoms with E-state index in [0.29, 0.717) is 17.4 Å². The summed E-state index contributed by atoms with van der Waals surface area (Å²) < 4.78 is 12.9. The first-order chi connectivity index (χ1) is 7.22. The number of hydrogen-bond donors (Lipinski definition) is 1. The van der Waals surface area contributed by atoms with Crippen molar-refractivity contribution in [1.82, 2.24) is 4.98 Å². The van der Waals surface area contributed by atoms with E-state index in [1.54, 1.807) is 0 Å². The highest BCUT2D eigenvalue weighted by atomic mass is 19.1. The Labute approximate surface area is 88.6 Å². The van der Waals surface area contributed by atoms with Crippen LogP contribution in [0.4, 0.5) is 10.2 Å². The summed E-state index contributed by atoms with van der Waals surface area (Å²) in [5, 5.41) is 9.13. The molecule has 1 aromatic heterocycles. The third-order valence-electron chi connectivity index (χ3n) is 3.04. The van der Waals surface area contributed by atoms with Gasteiger partial charge in [0.05, 0.1) is 12.8 Å². The quantitative estimate of drug-likeness (QED) is 0.825. The number of anilines is 1. The molecule has 82 valence electrons. The lowest BCUT2D eigenvalue weighted by Gasteiger charge is -2.36. The Morgan fingerprint density at radius 2 is 2.33 bits per heavy atom. The molecule has 1 N–H and O–H groups in total. The molecule has 1 fully saturated rings. The zero-order valence-corrected chi connectivity index (χ0v) is 8.78. The molecule has 0 spiro atoms. The van der Waals surface area contributed by atoms with Crippen LogP contribution in [0.3, 0.4) is 0 Å². The van der Waals surface area contributed by atoms with Crippen LogP contribution in [-0.4, -0.2) is 23.2 Å². The van der Waals surface area contributed by atoms with Gasteiger partial charge in [0.1, 0.15) is 11.6 Å². The van der Waals surface area contributed by atoms with Gasteiger partial charge >= 0.3 is 0 Å². The van der Waals surface area contributed by atoms with Gasteiger partial charge in [-0.15, -0.1) is 0 Å². The molecule has 1 heterocycles. The standard InChI is InChI=1S/C11H15FN2O/c1-14(10-3-2-4-10)11-8(7-15)5-9(12)6-13-11/h5-6,10,15H,2-4,7H2,1H3. The minimum absolute atomic E-state index is 0.169. The van der Waals surface area contributed by atoms with Crippen molar-refractivity contribution in [1.29, 1.82) is 0 Å².